The van der Waals surface area contributed by atoms with E-state index in [4.69, 9.17) is 5.53 Å². The molecule has 0 aliphatic rings. The Morgan fingerprint density at radius 3 is 3.09 bits per heavy atom. The van der Waals surface area contributed by atoms with Gasteiger partial charge >= 0.3 is 5.95 Å². The first-order chi connectivity index (χ1) is 5.24. The Labute approximate surface area is 59.6 Å². The standard InChI is InChI=1S/C3H2N6O2/c4-8-7-2-1-5-3(6-2)9(10)11/h1H,(H,5,6). The van der Waals surface area contributed by atoms with Crippen LogP contribution in [0.3, 0.4) is 0 Å². The SMILES string of the molecule is [N-]=[N+]=Nc1cnc([N+](=O)[O-])[nH]1. The van der Waals surface area contributed by atoms with E-state index in [1.165, 1.54) is 0 Å². The molecular weight excluding hydrogens is 152 g/mol. The van der Waals surface area contributed by atoms with Gasteiger partial charge in [-0.25, -0.2) is 4.98 Å². The zero-order valence-electron chi connectivity index (χ0n) is 5.13. The van der Waals surface area contributed by atoms with E-state index in [2.05, 4.69) is 20.0 Å². The van der Waals surface area contributed by atoms with E-state index in [1.807, 2.05) is 0 Å². The molecule has 0 atom stereocenters. The summed E-state index contributed by atoms with van der Waals surface area (Å²) >= 11 is 0. The molecule has 11 heavy (non-hydrogen) atoms. The molecule has 0 saturated heterocycles. The number of nitrogens with zero attached hydrogens (tertiary/aromatic N) is 5. The number of nitro groups is 1. The third kappa shape index (κ3) is 1.43. The van der Waals surface area contributed by atoms with Crippen LogP contribution in [0.1, 0.15) is 0 Å². The van der Waals surface area contributed by atoms with E-state index >= 15 is 0 Å². The normalized spacial score (nSPS) is 8.73. The second-order valence-electron chi connectivity index (χ2n) is 1.54. The first kappa shape index (κ1) is 7.03. The van der Waals surface area contributed by atoms with Crippen LogP contribution in [-0.4, -0.2) is 14.9 Å². The number of aromatic nitrogens is 2. The Morgan fingerprint density at radius 1 is 1.91 bits per heavy atom. The number of azide groups is 1. The molecule has 0 fully saturated rings. The molecule has 0 radical (unpaired) electrons. The minimum absolute atomic E-state index is 0.0270. The fourth-order valence-electron chi connectivity index (χ4n) is 0.493. The van der Waals surface area contributed by atoms with Gasteiger partial charge < -0.3 is 10.1 Å². The van der Waals surface area contributed by atoms with Crippen molar-refractivity contribution in [2.24, 2.45) is 5.11 Å². The van der Waals surface area contributed by atoms with Crippen molar-refractivity contribution < 1.29 is 4.92 Å². The summed E-state index contributed by atoms with van der Waals surface area (Å²) in [5.74, 6) is -0.411. The van der Waals surface area contributed by atoms with Crippen LogP contribution >= 0.6 is 0 Å². The summed E-state index contributed by atoms with van der Waals surface area (Å²) in [6.07, 6.45) is 1.08. The van der Waals surface area contributed by atoms with E-state index in [0.29, 0.717) is 0 Å². The predicted octanol–water partition coefficient (Wildman–Crippen LogP) is 1.26. The van der Waals surface area contributed by atoms with Crippen molar-refractivity contribution >= 4 is 11.8 Å². The molecule has 0 unspecified atom stereocenters. The van der Waals surface area contributed by atoms with Crippen LogP contribution in [0.4, 0.5) is 11.8 Å². The molecule has 0 spiro atoms. The Morgan fingerprint density at radius 2 is 2.64 bits per heavy atom. The molecule has 56 valence electrons. The molecule has 0 bridgehead atoms. The van der Waals surface area contributed by atoms with Gasteiger partial charge in [0.2, 0.25) is 0 Å². The lowest BCUT2D eigenvalue weighted by atomic mass is 10.8. The summed E-state index contributed by atoms with van der Waals surface area (Å²) in [4.78, 5) is 17.2. The van der Waals surface area contributed by atoms with Crippen molar-refractivity contribution in [2.75, 3.05) is 0 Å². The van der Waals surface area contributed by atoms with Gasteiger partial charge in [-0.15, -0.1) is 0 Å². The first-order valence-electron chi connectivity index (χ1n) is 2.48. The van der Waals surface area contributed by atoms with Gasteiger partial charge in [0.05, 0.1) is 0 Å². The number of rotatable bonds is 2. The fourth-order valence-corrected chi connectivity index (χ4v) is 0.493. The van der Waals surface area contributed by atoms with Gasteiger partial charge in [-0.05, 0) is 15.6 Å². The Balaban J connectivity index is 2.99. The highest BCUT2D eigenvalue weighted by Gasteiger charge is 2.08. The summed E-state index contributed by atoms with van der Waals surface area (Å²) < 4.78 is 0. The minimum atomic E-state index is -0.712. The summed E-state index contributed by atoms with van der Waals surface area (Å²) in [6, 6.07) is 0. The first-order valence-corrected chi connectivity index (χ1v) is 2.48. The second kappa shape index (κ2) is 2.67. The molecule has 1 aromatic rings. The predicted molar refractivity (Wildman–Crippen MR) is 34.0 cm³/mol. The highest BCUT2D eigenvalue weighted by atomic mass is 16.6. The number of imidazole rings is 1. The summed E-state index contributed by atoms with van der Waals surface area (Å²) in [7, 11) is 0. The summed E-state index contributed by atoms with van der Waals surface area (Å²) in [5, 5.41) is 13.1. The van der Waals surface area contributed by atoms with Crippen LogP contribution < -0.4 is 0 Å². The molecule has 1 N–H and O–H groups in total. The molecule has 0 saturated carbocycles. The van der Waals surface area contributed by atoms with Crippen molar-refractivity contribution in [3.63, 3.8) is 0 Å². The van der Waals surface area contributed by atoms with Crippen LogP contribution in [0, 0.1) is 10.1 Å². The van der Waals surface area contributed by atoms with E-state index in [-0.39, 0.29) is 5.82 Å². The van der Waals surface area contributed by atoms with Crippen LogP contribution in [0.15, 0.2) is 11.3 Å². The highest BCUT2D eigenvalue weighted by molar-refractivity contribution is 5.28. The van der Waals surface area contributed by atoms with Gasteiger partial charge in [0.15, 0.2) is 5.82 Å². The smallest absolute Gasteiger partial charge is 0.390 e. The van der Waals surface area contributed by atoms with E-state index in [9.17, 15) is 10.1 Å². The fraction of sp³-hybridized carbons (Fsp3) is 0. The number of H-pyrrole nitrogens is 1. The van der Waals surface area contributed by atoms with E-state index in [1.54, 1.807) is 0 Å². The average Bonchev–Trinajstić information content (AvgIpc) is 2.37. The monoisotopic (exact) mass is 154 g/mol. The van der Waals surface area contributed by atoms with Gasteiger partial charge in [0.1, 0.15) is 6.20 Å². The number of aromatic amines is 1. The number of hydrogen-bond donors (Lipinski definition) is 1. The molecule has 8 heteroatoms. The molecule has 0 aromatic carbocycles. The number of hydrogen-bond acceptors (Lipinski definition) is 4. The van der Waals surface area contributed by atoms with Crippen LogP contribution in [-0.2, 0) is 0 Å². The quantitative estimate of drug-likeness (QED) is 0.227. The van der Waals surface area contributed by atoms with Crippen LogP contribution in [0.5, 0.6) is 0 Å². The lowest BCUT2D eigenvalue weighted by Gasteiger charge is -1.84. The molecule has 1 rings (SSSR count). The van der Waals surface area contributed by atoms with E-state index < -0.39 is 10.9 Å². The van der Waals surface area contributed by atoms with Gasteiger partial charge in [0, 0.05) is 4.91 Å². The maximum Gasteiger partial charge on any atom is 0.432 e. The maximum atomic E-state index is 10.00. The third-order valence-electron chi connectivity index (χ3n) is 0.874. The second-order valence-corrected chi connectivity index (χ2v) is 1.54. The van der Waals surface area contributed by atoms with Crippen molar-refractivity contribution in [2.45, 2.75) is 0 Å². The highest BCUT2D eigenvalue weighted by Crippen LogP contribution is 2.11. The summed E-state index contributed by atoms with van der Waals surface area (Å²) in [5.41, 5.74) is 7.91. The zero-order chi connectivity index (χ0) is 8.27. The Kier molecular flexibility index (Phi) is 1.71. The van der Waals surface area contributed by atoms with Crippen molar-refractivity contribution in [1.29, 1.82) is 0 Å². The molecular formula is C3H2N6O2. The zero-order valence-corrected chi connectivity index (χ0v) is 5.13. The lowest BCUT2D eigenvalue weighted by molar-refractivity contribution is -0.393. The lowest BCUT2D eigenvalue weighted by Crippen LogP contribution is -1.88. The maximum absolute atomic E-state index is 10.00. The molecule has 0 aliphatic carbocycles. The van der Waals surface area contributed by atoms with E-state index in [0.717, 1.165) is 6.20 Å². The molecule has 1 aromatic heterocycles. The van der Waals surface area contributed by atoms with Gasteiger partial charge in [-0.2, -0.15) is 0 Å². The van der Waals surface area contributed by atoms with Gasteiger partial charge in [-0.3, -0.25) is 0 Å². The van der Waals surface area contributed by atoms with Crippen molar-refractivity contribution in [3.05, 3.63) is 26.8 Å². The molecule has 0 amide bonds. The van der Waals surface area contributed by atoms with Crippen LogP contribution in [0.25, 0.3) is 10.4 Å². The molecule has 0 aliphatic heterocycles. The molecule has 1 heterocycles. The van der Waals surface area contributed by atoms with Crippen molar-refractivity contribution in [1.82, 2.24) is 9.97 Å². The minimum Gasteiger partial charge on any atom is -0.390 e. The van der Waals surface area contributed by atoms with Gasteiger partial charge in [0.25, 0.3) is 0 Å². The number of nitrogens with one attached hydrogen (secondary N) is 1. The molecule has 8 nitrogen and oxygen atoms in total. The largest absolute Gasteiger partial charge is 0.432 e. The van der Waals surface area contributed by atoms with Crippen LogP contribution in [0.2, 0.25) is 0 Å². The topological polar surface area (TPSA) is 121 Å². The Bertz CT molecular complexity index is 306. The third-order valence-corrected chi connectivity index (χ3v) is 0.874. The van der Waals surface area contributed by atoms with Crippen molar-refractivity contribution in [3.8, 4) is 0 Å². The summed E-state index contributed by atoms with van der Waals surface area (Å²) in [6.45, 7) is 0. The average molecular weight is 154 g/mol. The van der Waals surface area contributed by atoms with Gasteiger partial charge in [-0.1, -0.05) is 4.98 Å². The Hall–Kier alpha value is -2.08.